The van der Waals surface area contributed by atoms with Crippen LogP contribution >= 0.6 is 0 Å². The monoisotopic (exact) mass is 302 g/mol. The molecule has 0 spiro atoms. The zero-order valence-electron chi connectivity index (χ0n) is 13.0. The summed E-state index contributed by atoms with van der Waals surface area (Å²) in [5.41, 5.74) is 6.04. The maximum atomic E-state index is 14.4. The van der Waals surface area contributed by atoms with Gasteiger partial charge in [0.1, 0.15) is 5.82 Å². The lowest BCUT2D eigenvalue weighted by atomic mass is 9.83. The molecule has 1 aliphatic carbocycles. The average molecular weight is 302 g/mol. The Bertz CT molecular complexity index is 820. The summed E-state index contributed by atoms with van der Waals surface area (Å²) in [6.45, 7) is 0. The number of rotatable bonds is 2. The summed E-state index contributed by atoms with van der Waals surface area (Å²) in [7, 11) is 0. The molecule has 0 bridgehead atoms. The number of hydrogen-bond donors (Lipinski definition) is 0. The summed E-state index contributed by atoms with van der Waals surface area (Å²) >= 11 is 0. The van der Waals surface area contributed by atoms with Gasteiger partial charge >= 0.3 is 0 Å². The summed E-state index contributed by atoms with van der Waals surface area (Å²) in [5.74, 6) is 0.162. The predicted molar refractivity (Wildman–Crippen MR) is 92.2 cm³/mol. The molecule has 1 atom stereocenters. The number of halogens is 1. The van der Waals surface area contributed by atoms with Crippen molar-refractivity contribution in [3.63, 3.8) is 0 Å². The van der Waals surface area contributed by atoms with Crippen molar-refractivity contribution < 1.29 is 4.39 Å². The summed E-state index contributed by atoms with van der Waals surface area (Å²) in [4.78, 5) is 0. The predicted octanol–water partition coefficient (Wildman–Crippen LogP) is 5.30. The largest absolute Gasteiger partial charge is 0.207 e. The molecule has 1 aliphatic rings. The normalized spacial score (nSPS) is 16.3. The molecule has 0 N–H and O–H groups in total. The van der Waals surface area contributed by atoms with Crippen molar-refractivity contribution in [2.45, 2.75) is 25.2 Å². The Morgan fingerprint density at radius 3 is 2.35 bits per heavy atom. The van der Waals surface area contributed by atoms with Crippen molar-refractivity contribution in [1.82, 2.24) is 0 Å². The van der Waals surface area contributed by atoms with Gasteiger partial charge in [-0.05, 0) is 53.1 Å². The Hall–Kier alpha value is -2.41. The Morgan fingerprint density at radius 2 is 1.48 bits per heavy atom. The molecular weight excluding hydrogens is 283 g/mol. The van der Waals surface area contributed by atoms with Crippen molar-refractivity contribution in [3.8, 4) is 0 Å². The average Bonchev–Trinajstić information content (AvgIpc) is 2.75. The second-order valence-electron chi connectivity index (χ2n) is 6.25. The van der Waals surface area contributed by atoms with Gasteiger partial charge in [-0.1, -0.05) is 66.7 Å². The molecule has 0 aliphatic heterocycles. The Labute approximate surface area is 136 Å². The fraction of sp³-hybridized carbons (Fsp3) is 0.182. The highest BCUT2D eigenvalue weighted by Gasteiger charge is 2.25. The van der Waals surface area contributed by atoms with Crippen LogP contribution < -0.4 is 0 Å². The van der Waals surface area contributed by atoms with E-state index in [4.69, 9.17) is 0 Å². The standard InChI is InChI=1S/C22H19F/c23-22-12-6-11-19-20(22)14-13-17-9-4-5-10-18(17)21(19)15-16-7-2-1-3-8-16/h1-12,21H,13-15H2. The molecule has 0 heterocycles. The summed E-state index contributed by atoms with van der Waals surface area (Å²) in [6, 6.07) is 24.6. The second kappa shape index (κ2) is 6.00. The number of benzene rings is 3. The molecule has 1 unspecified atom stereocenters. The van der Waals surface area contributed by atoms with E-state index in [1.807, 2.05) is 12.1 Å². The van der Waals surface area contributed by atoms with Gasteiger partial charge < -0.3 is 0 Å². The van der Waals surface area contributed by atoms with Gasteiger partial charge in [-0.3, -0.25) is 0 Å². The Morgan fingerprint density at radius 1 is 0.739 bits per heavy atom. The van der Waals surface area contributed by atoms with Gasteiger partial charge in [0.25, 0.3) is 0 Å². The zero-order valence-corrected chi connectivity index (χ0v) is 13.0. The second-order valence-corrected chi connectivity index (χ2v) is 6.25. The lowest BCUT2D eigenvalue weighted by molar-refractivity contribution is 0.604. The van der Waals surface area contributed by atoms with Gasteiger partial charge in [-0.15, -0.1) is 0 Å². The first-order chi connectivity index (χ1) is 11.3. The molecule has 4 rings (SSSR count). The van der Waals surface area contributed by atoms with Gasteiger partial charge in [0, 0.05) is 5.92 Å². The Kier molecular flexibility index (Phi) is 3.70. The van der Waals surface area contributed by atoms with Crippen molar-refractivity contribution >= 4 is 0 Å². The summed E-state index contributed by atoms with van der Waals surface area (Å²) < 4.78 is 14.4. The molecule has 3 aromatic rings. The fourth-order valence-corrected chi connectivity index (χ4v) is 3.76. The van der Waals surface area contributed by atoms with E-state index in [0.29, 0.717) is 0 Å². The maximum Gasteiger partial charge on any atom is 0.126 e. The lowest BCUT2D eigenvalue weighted by Gasteiger charge is -2.21. The molecule has 114 valence electrons. The van der Waals surface area contributed by atoms with Crippen molar-refractivity contribution in [1.29, 1.82) is 0 Å². The highest BCUT2D eigenvalue weighted by molar-refractivity contribution is 5.46. The molecule has 1 heteroatoms. The quantitative estimate of drug-likeness (QED) is 0.602. The van der Waals surface area contributed by atoms with Gasteiger partial charge in [0.15, 0.2) is 0 Å². The number of aryl methyl sites for hydroxylation is 1. The smallest absolute Gasteiger partial charge is 0.126 e. The van der Waals surface area contributed by atoms with E-state index >= 15 is 0 Å². The molecular formula is C22H19F. The minimum absolute atomic E-state index is 0.0617. The van der Waals surface area contributed by atoms with Crippen molar-refractivity contribution in [2.75, 3.05) is 0 Å². The third-order valence-corrected chi connectivity index (χ3v) is 4.89. The molecule has 23 heavy (non-hydrogen) atoms. The highest BCUT2D eigenvalue weighted by atomic mass is 19.1. The summed E-state index contributed by atoms with van der Waals surface area (Å²) in [5, 5.41) is 0. The van der Waals surface area contributed by atoms with Crippen LogP contribution in [0.5, 0.6) is 0 Å². The number of fused-ring (bicyclic) bond motifs is 2. The minimum Gasteiger partial charge on any atom is -0.207 e. The van der Waals surface area contributed by atoms with Gasteiger partial charge in [0.2, 0.25) is 0 Å². The van der Waals surface area contributed by atoms with Crippen LogP contribution in [0.3, 0.4) is 0 Å². The third-order valence-electron chi connectivity index (χ3n) is 4.89. The molecule has 0 saturated carbocycles. The molecule has 0 radical (unpaired) electrons. The molecule has 0 aromatic heterocycles. The first-order valence-electron chi connectivity index (χ1n) is 8.22. The van der Waals surface area contributed by atoms with Crippen LogP contribution in [0, 0.1) is 5.82 Å². The van der Waals surface area contributed by atoms with Crippen LogP contribution in [0.4, 0.5) is 4.39 Å². The van der Waals surface area contributed by atoms with Crippen LogP contribution in [0.1, 0.15) is 33.7 Å². The van der Waals surface area contributed by atoms with E-state index in [0.717, 1.165) is 30.4 Å². The van der Waals surface area contributed by atoms with E-state index in [2.05, 4.69) is 54.6 Å². The molecule has 0 fully saturated rings. The van der Waals surface area contributed by atoms with Crippen LogP contribution in [-0.2, 0) is 19.3 Å². The van der Waals surface area contributed by atoms with Gasteiger partial charge in [0.05, 0.1) is 0 Å². The molecule has 0 nitrogen and oxygen atoms in total. The third kappa shape index (κ3) is 2.68. The van der Waals surface area contributed by atoms with E-state index in [9.17, 15) is 4.39 Å². The van der Waals surface area contributed by atoms with Crippen molar-refractivity contribution in [2.24, 2.45) is 0 Å². The van der Waals surface area contributed by atoms with E-state index in [1.165, 1.54) is 16.7 Å². The SMILES string of the molecule is Fc1cccc2c1CCc1ccccc1C2Cc1ccccc1. The Balaban J connectivity index is 1.87. The molecule has 0 amide bonds. The topological polar surface area (TPSA) is 0 Å². The van der Waals surface area contributed by atoms with Crippen LogP contribution in [0.15, 0.2) is 72.8 Å². The maximum absolute atomic E-state index is 14.4. The highest BCUT2D eigenvalue weighted by Crippen LogP contribution is 2.37. The lowest BCUT2D eigenvalue weighted by Crippen LogP contribution is -2.08. The first-order valence-corrected chi connectivity index (χ1v) is 8.22. The van der Waals surface area contributed by atoms with E-state index in [-0.39, 0.29) is 11.7 Å². The zero-order chi connectivity index (χ0) is 15.6. The van der Waals surface area contributed by atoms with E-state index in [1.54, 1.807) is 6.07 Å². The molecule has 3 aromatic carbocycles. The van der Waals surface area contributed by atoms with Crippen LogP contribution in [0.25, 0.3) is 0 Å². The summed E-state index contributed by atoms with van der Waals surface area (Å²) in [6.07, 6.45) is 2.61. The van der Waals surface area contributed by atoms with Gasteiger partial charge in [-0.25, -0.2) is 4.39 Å². The first kappa shape index (κ1) is 14.2. The van der Waals surface area contributed by atoms with Crippen LogP contribution in [0.2, 0.25) is 0 Å². The minimum atomic E-state index is -0.0617. The fourth-order valence-electron chi connectivity index (χ4n) is 3.76. The van der Waals surface area contributed by atoms with Gasteiger partial charge in [-0.2, -0.15) is 0 Å². The van der Waals surface area contributed by atoms with E-state index < -0.39 is 0 Å². The number of hydrogen-bond acceptors (Lipinski definition) is 0. The van der Waals surface area contributed by atoms with Crippen molar-refractivity contribution in [3.05, 3.63) is 106 Å². The van der Waals surface area contributed by atoms with Crippen LogP contribution in [-0.4, -0.2) is 0 Å². The molecule has 0 saturated heterocycles.